The summed E-state index contributed by atoms with van der Waals surface area (Å²) in [4.78, 5) is 0. The number of aromatic nitrogens is 2. The van der Waals surface area contributed by atoms with Crippen LogP contribution in [0.1, 0.15) is 24.6 Å². The summed E-state index contributed by atoms with van der Waals surface area (Å²) in [5.41, 5.74) is 2.39. The molecule has 20 heavy (non-hydrogen) atoms. The number of benzene rings is 1. The third kappa shape index (κ3) is 4.66. The predicted octanol–water partition coefficient (Wildman–Crippen LogP) is 3.23. The minimum absolute atomic E-state index is 0.392. The Morgan fingerprint density at radius 2 is 2.15 bits per heavy atom. The number of nitrogens with one attached hydrogen (secondary N) is 1. The maximum atomic E-state index is 6.06. The Bertz CT molecular complexity index is 536. The van der Waals surface area contributed by atoms with Crippen LogP contribution in [0.3, 0.4) is 0 Å². The Balaban J connectivity index is 2.02. The third-order valence-electron chi connectivity index (χ3n) is 3.28. The third-order valence-corrected chi connectivity index (χ3v) is 3.51. The van der Waals surface area contributed by atoms with Gasteiger partial charge in [-0.05, 0) is 43.1 Å². The standard InChI is InChI=1S/C16H22ClN3/c1-3-8-18-16(12-15-7-9-20(2)19-15)11-13-5-4-6-14(17)10-13/h4-7,9-10,16,18H,3,8,11-12H2,1-2H3. The van der Waals surface area contributed by atoms with E-state index in [2.05, 4.69) is 29.5 Å². The summed E-state index contributed by atoms with van der Waals surface area (Å²) in [5.74, 6) is 0. The maximum absolute atomic E-state index is 6.06. The molecule has 3 nitrogen and oxygen atoms in total. The van der Waals surface area contributed by atoms with E-state index in [9.17, 15) is 0 Å². The second kappa shape index (κ2) is 7.46. The van der Waals surface area contributed by atoms with Crippen molar-refractivity contribution in [3.63, 3.8) is 0 Å². The maximum Gasteiger partial charge on any atom is 0.0640 e. The van der Waals surface area contributed by atoms with Crippen molar-refractivity contribution in [3.05, 3.63) is 52.8 Å². The first-order valence-electron chi connectivity index (χ1n) is 7.13. The highest BCUT2D eigenvalue weighted by Crippen LogP contribution is 2.14. The fraction of sp³-hybridized carbons (Fsp3) is 0.438. The molecule has 108 valence electrons. The van der Waals surface area contributed by atoms with Gasteiger partial charge in [-0.25, -0.2) is 0 Å². The molecule has 1 N–H and O–H groups in total. The van der Waals surface area contributed by atoms with Crippen molar-refractivity contribution in [1.29, 1.82) is 0 Å². The van der Waals surface area contributed by atoms with Crippen LogP contribution < -0.4 is 5.32 Å². The molecular formula is C16H22ClN3. The lowest BCUT2D eigenvalue weighted by molar-refractivity contribution is 0.498. The molecule has 0 spiro atoms. The quantitative estimate of drug-likeness (QED) is 0.849. The van der Waals surface area contributed by atoms with Gasteiger partial charge < -0.3 is 5.32 Å². The lowest BCUT2D eigenvalue weighted by Crippen LogP contribution is -2.34. The Morgan fingerprint density at radius 1 is 1.30 bits per heavy atom. The van der Waals surface area contributed by atoms with E-state index < -0.39 is 0 Å². The molecule has 1 aromatic carbocycles. The van der Waals surface area contributed by atoms with Gasteiger partial charge in [0.25, 0.3) is 0 Å². The van der Waals surface area contributed by atoms with Crippen LogP contribution in [-0.2, 0) is 19.9 Å². The fourth-order valence-corrected chi connectivity index (χ4v) is 2.55. The van der Waals surface area contributed by atoms with Gasteiger partial charge >= 0.3 is 0 Å². The highest BCUT2D eigenvalue weighted by molar-refractivity contribution is 6.30. The van der Waals surface area contributed by atoms with Crippen LogP contribution in [0.15, 0.2) is 36.5 Å². The zero-order valence-electron chi connectivity index (χ0n) is 12.1. The van der Waals surface area contributed by atoms with Gasteiger partial charge in [0.05, 0.1) is 5.69 Å². The molecule has 2 aromatic rings. The first-order chi connectivity index (χ1) is 9.67. The van der Waals surface area contributed by atoms with Crippen molar-refractivity contribution in [3.8, 4) is 0 Å². The van der Waals surface area contributed by atoms with E-state index >= 15 is 0 Å². The van der Waals surface area contributed by atoms with Crippen LogP contribution in [0.5, 0.6) is 0 Å². The summed E-state index contributed by atoms with van der Waals surface area (Å²) in [6.07, 6.45) is 5.03. The zero-order chi connectivity index (χ0) is 14.4. The van der Waals surface area contributed by atoms with Crippen LogP contribution in [-0.4, -0.2) is 22.4 Å². The molecule has 1 unspecified atom stereocenters. The van der Waals surface area contributed by atoms with Crippen molar-refractivity contribution in [1.82, 2.24) is 15.1 Å². The van der Waals surface area contributed by atoms with Gasteiger partial charge in [0.2, 0.25) is 0 Å². The Hall–Kier alpha value is -1.32. The summed E-state index contributed by atoms with van der Waals surface area (Å²) < 4.78 is 1.85. The van der Waals surface area contributed by atoms with Gasteiger partial charge in [0.1, 0.15) is 0 Å². The monoisotopic (exact) mass is 291 g/mol. The van der Waals surface area contributed by atoms with Crippen molar-refractivity contribution in [2.45, 2.75) is 32.2 Å². The Labute approximate surface area is 126 Å². The van der Waals surface area contributed by atoms with Gasteiger partial charge in [-0.15, -0.1) is 0 Å². The van der Waals surface area contributed by atoms with E-state index in [1.807, 2.05) is 36.1 Å². The summed E-state index contributed by atoms with van der Waals surface area (Å²) in [6, 6.07) is 10.6. The van der Waals surface area contributed by atoms with Crippen LogP contribution >= 0.6 is 11.6 Å². The van der Waals surface area contributed by atoms with Crippen molar-refractivity contribution in [2.75, 3.05) is 6.54 Å². The van der Waals surface area contributed by atoms with Crippen LogP contribution in [0.25, 0.3) is 0 Å². The van der Waals surface area contributed by atoms with Crippen LogP contribution in [0, 0.1) is 0 Å². The molecule has 1 heterocycles. The van der Waals surface area contributed by atoms with E-state index in [4.69, 9.17) is 11.6 Å². The van der Waals surface area contributed by atoms with E-state index in [0.717, 1.165) is 36.5 Å². The number of aryl methyl sites for hydroxylation is 1. The molecule has 1 aromatic heterocycles. The van der Waals surface area contributed by atoms with E-state index in [1.165, 1.54) is 5.56 Å². The van der Waals surface area contributed by atoms with Crippen molar-refractivity contribution >= 4 is 11.6 Å². The minimum Gasteiger partial charge on any atom is -0.313 e. The summed E-state index contributed by atoms with van der Waals surface area (Å²) in [6.45, 7) is 3.21. The molecule has 0 amide bonds. The number of rotatable bonds is 7. The first kappa shape index (κ1) is 15.1. The minimum atomic E-state index is 0.392. The zero-order valence-corrected chi connectivity index (χ0v) is 12.9. The molecular weight excluding hydrogens is 270 g/mol. The topological polar surface area (TPSA) is 29.9 Å². The average Bonchev–Trinajstić information content (AvgIpc) is 2.81. The van der Waals surface area contributed by atoms with Gasteiger partial charge in [0, 0.05) is 30.7 Å². The second-order valence-corrected chi connectivity index (χ2v) is 5.61. The molecule has 2 rings (SSSR count). The molecule has 0 fully saturated rings. The second-order valence-electron chi connectivity index (χ2n) is 5.17. The van der Waals surface area contributed by atoms with Gasteiger partial charge in [-0.3, -0.25) is 4.68 Å². The van der Waals surface area contributed by atoms with Gasteiger partial charge in [-0.1, -0.05) is 30.7 Å². The molecule has 4 heteroatoms. The average molecular weight is 292 g/mol. The van der Waals surface area contributed by atoms with E-state index in [1.54, 1.807) is 0 Å². The number of nitrogens with zero attached hydrogens (tertiary/aromatic N) is 2. The Kier molecular flexibility index (Phi) is 5.62. The SMILES string of the molecule is CCCNC(Cc1cccc(Cl)c1)Cc1ccn(C)n1. The summed E-state index contributed by atoms with van der Waals surface area (Å²) >= 11 is 6.06. The molecule has 0 saturated heterocycles. The number of halogens is 1. The van der Waals surface area contributed by atoms with Crippen molar-refractivity contribution < 1.29 is 0 Å². The summed E-state index contributed by atoms with van der Waals surface area (Å²) in [7, 11) is 1.95. The normalized spacial score (nSPS) is 12.6. The first-order valence-corrected chi connectivity index (χ1v) is 7.51. The lowest BCUT2D eigenvalue weighted by atomic mass is 10.0. The molecule has 0 radical (unpaired) electrons. The largest absolute Gasteiger partial charge is 0.313 e. The molecule has 1 atom stereocenters. The Morgan fingerprint density at radius 3 is 2.80 bits per heavy atom. The van der Waals surface area contributed by atoms with Crippen LogP contribution in [0.2, 0.25) is 5.02 Å². The van der Waals surface area contributed by atoms with Crippen molar-refractivity contribution in [2.24, 2.45) is 7.05 Å². The molecule has 0 saturated carbocycles. The van der Waals surface area contributed by atoms with Gasteiger partial charge in [-0.2, -0.15) is 5.10 Å². The molecule has 0 aliphatic carbocycles. The molecule has 0 aliphatic rings. The van der Waals surface area contributed by atoms with E-state index in [-0.39, 0.29) is 0 Å². The van der Waals surface area contributed by atoms with Gasteiger partial charge in [0.15, 0.2) is 0 Å². The number of hydrogen-bond donors (Lipinski definition) is 1. The summed E-state index contributed by atoms with van der Waals surface area (Å²) in [5, 5.41) is 8.87. The highest BCUT2D eigenvalue weighted by Gasteiger charge is 2.11. The fourth-order valence-electron chi connectivity index (χ4n) is 2.34. The smallest absolute Gasteiger partial charge is 0.0640 e. The van der Waals surface area contributed by atoms with Crippen LogP contribution in [0.4, 0.5) is 0 Å². The molecule has 0 bridgehead atoms. The lowest BCUT2D eigenvalue weighted by Gasteiger charge is -2.18. The number of hydrogen-bond acceptors (Lipinski definition) is 2. The molecule has 0 aliphatic heterocycles. The van der Waals surface area contributed by atoms with E-state index in [0.29, 0.717) is 6.04 Å². The predicted molar refractivity (Wildman–Crippen MR) is 84.1 cm³/mol. The highest BCUT2D eigenvalue weighted by atomic mass is 35.5.